The van der Waals surface area contributed by atoms with E-state index in [4.69, 9.17) is 13.9 Å². The van der Waals surface area contributed by atoms with Crippen molar-refractivity contribution in [2.24, 2.45) is 0 Å². The number of rotatable bonds is 5. The van der Waals surface area contributed by atoms with Gasteiger partial charge in [0.05, 0.1) is 25.5 Å². The fourth-order valence-electron chi connectivity index (χ4n) is 3.21. The fraction of sp³-hybridized carbons (Fsp3) is 0.500. The number of carbonyl (C=O) groups is 1. The van der Waals surface area contributed by atoms with Crippen LogP contribution < -0.4 is 15.0 Å². The highest BCUT2D eigenvalue weighted by atomic mass is 35.5. The number of piperazine rings is 1. The van der Waals surface area contributed by atoms with E-state index in [0.29, 0.717) is 63.5 Å². The van der Waals surface area contributed by atoms with Gasteiger partial charge in [-0.05, 0) is 12.1 Å². The van der Waals surface area contributed by atoms with E-state index in [0.717, 1.165) is 6.54 Å². The molecular formula is C18H25Cl2N5O4. The van der Waals surface area contributed by atoms with Gasteiger partial charge in [0, 0.05) is 38.9 Å². The minimum Gasteiger partial charge on any atom is -0.490 e. The molecule has 2 saturated heterocycles. The van der Waals surface area contributed by atoms with Crippen LogP contribution in [0.5, 0.6) is 5.75 Å². The number of aromatic nitrogens is 2. The summed E-state index contributed by atoms with van der Waals surface area (Å²) in [6.45, 7) is 5.09. The highest BCUT2D eigenvalue weighted by Gasteiger charge is 2.30. The molecule has 1 atom stereocenters. The molecule has 0 spiro atoms. The molecule has 4 heterocycles. The van der Waals surface area contributed by atoms with Crippen molar-refractivity contribution in [3.05, 3.63) is 36.5 Å². The van der Waals surface area contributed by atoms with Gasteiger partial charge in [-0.2, -0.15) is 4.98 Å². The van der Waals surface area contributed by atoms with Gasteiger partial charge in [0.2, 0.25) is 0 Å². The molecule has 0 bridgehead atoms. The minimum absolute atomic E-state index is 0. The van der Waals surface area contributed by atoms with Crippen LogP contribution in [0.15, 0.2) is 35.2 Å². The molecule has 2 aromatic rings. The van der Waals surface area contributed by atoms with E-state index in [1.54, 1.807) is 17.3 Å². The summed E-state index contributed by atoms with van der Waals surface area (Å²) in [4.78, 5) is 25.2. The van der Waals surface area contributed by atoms with Crippen molar-refractivity contribution < 1.29 is 18.7 Å². The highest BCUT2D eigenvalue weighted by molar-refractivity contribution is 5.92. The number of hydrogen-bond acceptors (Lipinski definition) is 8. The zero-order valence-electron chi connectivity index (χ0n) is 15.9. The Morgan fingerprint density at radius 1 is 1.28 bits per heavy atom. The molecule has 9 nitrogen and oxygen atoms in total. The van der Waals surface area contributed by atoms with Crippen molar-refractivity contribution >= 4 is 36.7 Å². The molecule has 0 saturated carbocycles. The third-order valence-corrected chi connectivity index (χ3v) is 4.68. The third-order valence-electron chi connectivity index (χ3n) is 4.68. The van der Waals surface area contributed by atoms with Crippen LogP contribution >= 0.6 is 24.8 Å². The van der Waals surface area contributed by atoms with Crippen LogP contribution in [0.3, 0.4) is 0 Å². The van der Waals surface area contributed by atoms with Gasteiger partial charge in [-0.1, -0.05) is 0 Å². The number of hydrogen-bond donors (Lipinski definition) is 1. The Hall–Kier alpha value is -2.07. The first-order chi connectivity index (χ1) is 13.3. The summed E-state index contributed by atoms with van der Waals surface area (Å²) in [7, 11) is 0. The van der Waals surface area contributed by atoms with Crippen molar-refractivity contribution in [3.8, 4) is 5.75 Å². The van der Waals surface area contributed by atoms with E-state index < -0.39 is 0 Å². The van der Waals surface area contributed by atoms with E-state index in [2.05, 4.69) is 15.3 Å². The number of oxazole rings is 1. The van der Waals surface area contributed by atoms with Gasteiger partial charge in [-0.25, -0.2) is 0 Å². The molecule has 0 radical (unpaired) electrons. The van der Waals surface area contributed by atoms with E-state index in [1.165, 1.54) is 6.26 Å². The molecule has 11 heteroatoms. The van der Waals surface area contributed by atoms with Crippen molar-refractivity contribution in [1.82, 2.24) is 20.2 Å². The first kappa shape index (κ1) is 23.2. The second-order valence-corrected chi connectivity index (χ2v) is 6.47. The van der Waals surface area contributed by atoms with Crippen LogP contribution in [0.4, 0.5) is 6.01 Å². The number of morpholine rings is 1. The smallest absolute Gasteiger partial charge is 0.298 e. The lowest BCUT2D eigenvalue weighted by molar-refractivity contribution is 0.0553. The molecule has 160 valence electrons. The molecular weight excluding hydrogens is 421 g/mol. The Kier molecular flexibility index (Phi) is 8.97. The van der Waals surface area contributed by atoms with Crippen LogP contribution in [0.1, 0.15) is 10.5 Å². The maximum Gasteiger partial charge on any atom is 0.298 e. The van der Waals surface area contributed by atoms with Crippen LogP contribution in [0.25, 0.3) is 0 Å². The van der Waals surface area contributed by atoms with Gasteiger partial charge in [0.25, 0.3) is 11.9 Å². The van der Waals surface area contributed by atoms with Crippen molar-refractivity contribution in [2.45, 2.75) is 6.04 Å². The average molecular weight is 446 g/mol. The predicted octanol–water partition coefficient (Wildman–Crippen LogP) is 1.24. The normalized spacial score (nSPS) is 19.1. The average Bonchev–Trinajstić information content (AvgIpc) is 3.24. The molecule has 0 aliphatic carbocycles. The van der Waals surface area contributed by atoms with Crippen LogP contribution in [0, 0.1) is 0 Å². The number of amides is 1. The number of pyridine rings is 1. The van der Waals surface area contributed by atoms with E-state index in [9.17, 15) is 4.79 Å². The summed E-state index contributed by atoms with van der Waals surface area (Å²) < 4.78 is 16.7. The molecule has 29 heavy (non-hydrogen) atoms. The van der Waals surface area contributed by atoms with Gasteiger partial charge in [0.15, 0.2) is 5.69 Å². The molecule has 2 aromatic heterocycles. The second-order valence-electron chi connectivity index (χ2n) is 6.47. The van der Waals surface area contributed by atoms with Crippen molar-refractivity contribution in [3.63, 3.8) is 0 Å². The zero-order chi connectivity index (χ0) is 18.5. The van der Waals surface area contributed by atoms with Gasteiger partial charge < -0.3 is 29.0 Å². The molecule has 0 aromatic carbocycles. The lowest BCUT2D eigenvalue weighted by Crippen LogP contribution is -2.56. The van der Waals surface area contributed by atoms with Gasteiger partial charge >= 0.3 is 0 Å². The summed E-state index contributed by atoms with van der Waals surface area (Å²) in [5.74, 6) is 0.547. The monoisotopic (exact) mass is 445 g/mol. The van der Waals surface area contributed by atoms with Crippen molar-refractivity contribution in [1.29, 1.82) is 0 Å². The Labute approximate surface area is 181 Å². The second kappa shape index (κ2) is 11.2. The summed E-state index contributed by atoms with van der Waals surface area (Å²) in [5.41, 5.74) is 0.324. The molecule has 2 fully saturated rings. The molecule has 2 aliphatic rings. The lowest BCUT2D eigenvalue weighted by atomic mass is 10.2. The number of ether oxygens (including phenoxy) is 2. The van der Waals surface area contributed by atoms with E-state index in [1.807, 2.05) is 17.0 Å². The highest BCUT2D eigenvalue weighted by Crippen LogP contribution is 2.18. The fourth-order valence-corrected chi connectivity index (χ4v) is 3.21. The number of nitrogens with one attached hydrogen (secondary N) is 1. The quantitative estimate of drug-likeness (QED) is 0.734. The lowest BCUT2D eigenvalue weighted by Gasteiger charge is -2.35. The molecule has 2 aliphatic heterocycles. The first-order valence-electron chi connectivity index (χ1n) is 9.14. The maximum atomic E-state index is 13.0. The standard InChI is InChI=1S/C18H23N5O4.2ClH/c24-17(16-13-27-18(21-16)22-6-8-25-9-7-22)23-5-4-20-10-14(23)12-26-15-2-1-3-19-11-15;;/h1-3,11,13-14,20H,4-10,12H2;2*1H. The Morgan fingerprint density at radius 3 is 2.86 bits per heavy atom. The van der Waals surface area contributed by atoms with E-state index >= 15 is 0 Å². The van der Waals surface area contributed by atoms with Crippen LogP contribution in [0.2, 0.25) is 0 Å². The summed E-state index contributed by atoms with van der Waals surface area (Å²) >= 11 is 0. The van der Waals surface area contributed by atoms with E-state index in [-0.39, 0.29) is 36.8 Å². The van der Waals surface area contributed by atoms with Gasteiger partial charge in [-0.15, -0.1) is 24.8 Å². The first-order valence-corrected chi connectivity index (χ1v) is 9.14. The number of anilines is 1. The SMILES string of the molecule is Cl.Cl.O=C(c1coc(N2CCOCC2)n1)N1CCNCC1COc1cccnc1. The number of halogens is 2. The zero-order valence-corrected chi connectivity index (χ0v) is 17.5. The Balaban J connectivity index is 0.00000150. The number of carbonyl (C=O) groups excluding carboxylic acids is 1. The molecule has 1 amide bonds. The summed E-state index contributed by atoms with van der Waals surface area (Å²) in [6.07, 6.45) is 4.80. The summed E-state index contributed by atoms with van der Waals surface area (Å²) in [5, 5.41) is 3.31. The molecule has 1 N–H and O–H groups in total. The topological polar surface area (TPSA) is 93.0 Å². The molecule has 1 unspecified atom stereocenters. The van der Waals surface area contributed by atoms with Crippen LogP contribution in [-0.4, -0.2) is 79.4 Å². The van der Waals surface area contributed by atoms with Crippen LogP contribution in [-0.2, 0) is 4.74 Å². The van der Waals surface area contributed by atoms with Crippen molar-refractivity contribution in [2.75, 3.05) is 57.4 Å². The summed E-state index contributed by atoms with van der Waals surface area (Å²) in [6, 6.07) is 4.05. The third kappa shape index (κ3) is 5.72. The largest absolute Gasteiger partial charge is 0.490 e. The molecule has 4 rings (SSSR count). The maximum absolute atomic E-state index is 13.0. The van der Waals surface area contributed by atoms with Gasteiger partial charge in [0.1, 0.15) is 18.6 Å². The minimum atomic E-state index is -0.139. The Morgan fingerprint density at radius 2 is 2.10 bits per heavy atom. The predicted molar refractivity (Wildman–Crippen MR) is 111 cm³/mol. The van der Waals surface area contributed by atoms with Gasteiger partial charge in [-0.3, -0.25) is 9.78 Å². The number of nitrogens with zero attached hydrogens (tertiary/aromatic N) is 4. The Bertz CT molecular complexity index is 758.